The van der Waals surface area contributed by atoms with Crippen LogP contribution in [0.4, 0.5) is 11.4 Å². The number of aliphatic hydroxyl groups excluding tert-OH is 1. The van der Waals surface area contributed by atoms with Crippen molar-refractivity contribution in [3.8, 4) is 0 Å². The van der Waals surface area contributed by atoms with Gasteiger partial charge in [-0.1, -0.05) is 27.2 Å². The Bertz CT molecular complexity index is 776. The summed E-state index contributed by atoms with van der Waals surface area (Å²) < 4.78 is 4.87. The standard InChI is InChI=1S/C21H28N2O4/c1-5-6-7-15(23-14-10-8-13(22)9-11-14)17-16(24)12-21(2,3)18(19(17)25)20(26)27-4/h8-11,18,25H,5-7,12,22H2,1-4H3/t18-/m0/s1. The number of ketones is 1. The molecule has 6 nitrogen and oxygen atoms in total. The molecule has 0 unspecified atom stereocenters. The number of esters is 1. The van der Waals surface area contributed by atoms with E-state index in [1.54, 1.807) is 38.1 Å². The third-order valence-corrected chi connectivity index (χ3v) is 4.86. The van der Waals surface area contributed by atoms with Crippen LogP contribution in [-0.4, -0.2) is 29.7 Å². The van der Waals surface area contributed by atoms with Crippen LogP contribution in [0.5, 0.6) is 0 Å². The lowest BCUT2D eigenvalue weighted by atomic mass is 9.67. The van der Waals surface area contributed by atoms with Crippen LogP contribution in [0.25, 0.3) is 0 Å². The Morgan fingerprint density at radius 2 is 1.96 bits per heavy atom. The number of ether oxygens (including phenoxy) is 1. The zero-order valence-corrected chi connectivity index (χ0v) is 16.4. The molecule has 6 heteroatoms. The van der Waals surface area contributed by atoms with Gasteiger partial charge in [0, 0.05) is 12.1 Å². The zero-order chi connectivity index (χ0) is 20.2. The van der Waals surface area contributed by atoms with Gasteiger partial charge >= 0.3 is 5.97 Å². The number of benzene rings is 1. The predicted octanol–water partition coefficient (Wildman–Crippen LogP) is 4.13. The van der Waals surface area contributed by atoms with E-state index in [4.69, 9.17) is 10.5 Å². The van der Waals surface area contributed by atoms with Crippen molar-refractivity contribution >= 4 is 28.8 Å². The van der Waals surface area contributed by atoms with Gasteiger partial charge in [-0.05, 0) is 42.5 Å². The summed E-state index contributed by atoms with van der Waals surface area (Å²) in [6.07, 6.45) is 2.39. The topological polar surface area (TPSA) is 102 Å². The molecule has 1 aromatic carbocycles. The summed E-state index contributed by atoms with van der Waals surface area (Å²) in [6.45, 7) is 5.60. The molecule has 2 rings (SSSR count). The fraction of sp³-hybridized carbons (Fsp3) is 0.476. The van der Waals surface area contributed by atoms with Gasteiger partial charge in [0.15, 0.2) is 5.78 Å². The molecule has 0 fully saturated rings. The smallest absolute Gasteiger partial charge is 0.316 e. The van der Waals surface area contributed by atoms with E-state index in [1.807, 2.05) is 6.92 Å². The molecular weight excluding hydrogens is 344 g/mol. The average molecular weight is 372 g/mol. The number of nitrogens with two attached hydrogens (primary N) is 1. The maximum absolute atomic E-state index is 12.9. The molecule has 1 aliphatic rings. The minimum Gasteiger partial charge on any atom is -0.511 e. The summed E-state index contributed by atoms with van der Waals surface area (Å²) >= 11 is 0. The van der Waals surface area contributed by atoms with Gasteiger partial charge in [0.05, 0.1) is 24.1 Å². The molecule has 0 heterocycles. The number of carbonyl (C=O) groups is 2. The van der Waals surface area contributed by atoms with Gasteiger partial charge in [0.2, 0.25) is 0 Å². The minimum atomic E-state index is -0.895. The number of aliphatic imine (C=N–C) groups is 1. The summed E-state index contributed by atoms with van der Waals surface area (Å²) in [5, 5.41) is 10.9. The van der Waals surface area contributed by atoms with Crippen LogP contribution in [0.1, 0.15) is 46.5 Å². The molecule has 0 saturated heterocycles. The Labute approximate surface area is 160 Å². The van der Waals surface area contributed by atoms with Gasteiger partial charge in [-0.2, -0.15) is 0 Å². The molecule has 0 amide bonds. The second-order valence-electron chi connectivity index (χ2n) is 7.56. The molecule has 0 saturated carbocycles. The fourth-order valence-corrected chi connectivity index (χ4v) is 3.40. The number of nitrogens with zero attached hydrogens (tertiary/aromatic N) is 1. The highest BCUT2D eigenvalue weighted by molar-refractivity contribution is 6.24. The zero-order valence-electron chi connectivity index (χ0n) is 16.4. The molecule has 0 aliphatic heterocycles. The number of hydrogen-bond acceptors (Lipinski definition) is 6. The number of nitrogen functional groups attached to an aromatic ring is 1. The summed E-state index contributed by atoms with van der Waals surface area (Å²) in [5.41, 5.74) is 6.89. The molecule has 1 atom stereocenters. The van der Waals surface area contributed by atoms with Gasteiger partial charge in [0.1, 0.15) is 11.7 Å². The van der Waals surface area contributed by atoms with E-state index in [-0.39, 0.29) is 23.5 Å². The van der Waals surface area contributed by atoms with Crippen LogP contribution < -0.4 is 5.73 Å². The SMILES string of the molecule is CCCCC(=Nc1ccc(N)cc1)C1=C(O)[C@@H](C(=O)OC)C(C)(C)CC1=O. The van der Waals surface area contributed by atoms with Crippen molar-refractivity contribution in [3.05, 3.63) is 35.6 Å². The molecule has 1 aromatic rings. The number of unbranched alkanes of at least 4 members (excludes halogenated alkanes) is 1. The molecule has 0 spiro atoms. The van der Waals surface area contributed by atoms with E-state index in [0.29, 0.717) is 23.5 Å². The van der Waals surface area contributed by atoms with E-state index in [2.05, 4.69) is 4.99 Å². The monoisotopic (exact) mass is 372 g/mol. The number of methoxy groups -OCH3 is 1. The lowest BCUT2D eigenvalue weighted by molar-refractivity contribution is -0.150. The third-order valence-electron chi connectivity index (χ3n) is 4.86. The highest BCUT2D eigenvalue weighted by Crippen LogP contribution is 2.43. The van der Waals surface area contributed by atoms with Crippen LogP contribution in [0.2, 0.25) is 0 Å². The predicted molar refractivity (Wildman–Crippen MR) is 106 cm³/mol. The third kappa shape index (κ3) is 4.56. The van der Waals surface area contributed by atoms with Gasteiger partial charge in [0.25, 0.3) is 0 Å². The maximum atomic E-state index is 12.9. The first-order valence-electron chi connectivity index (χ1n) is 9.19. The van der Waals surface area contributed by atoms with Crippen molar-refractivity contribution in [2.45, 2.75) is 46.5 Å². The van der Waals surface area contributed by atoms with Crippen molar-refractivity contribution in [3.63, 3.8) is 0 Å². The van der Waals surface area contributed by atoms with Crippen LogP contribution in [0.3, 0.4) is 0 Å². The Morgan fingerprint density at radius 3 is 2.52 bits per heavy atom. The largest absolute Gasteiger partial charge is 0.511 e. The quantitative estimate of drug-likeness (QED) is 0.444. The van der Waals surface area contributed by atoms with Crippen molar-refractivity contribution < 1.29 is 19.4 Å². The van der Waals surface area contributed by atoms with E-state index in [0.717, 1.165) is 12.8 Å². The van der Waals surface area contributed by atoms with Crippen molar-refractivity contribution in [1.82, 2.24) is 0 Å². The molecule has 27 heavy (non-hydrogen) atoms. The number of carbonyl (C=O) groups excluding carboxylic acids is 2. The number of rotatable bonds is 6. The van der Waals surface area contributed by atoms with Crippen LogP contribution in [-0.2, 0) is 14.3 Å². The highest BCUT2D eigenvalue weighted by Gasteiger charge is 2.47. The summed E-state index contributed by atoms with van der Waals surface area (Å²) in [7, 11) is 1.28. The van der Waals surface area contributed by atoms with Crippen LogP contribution >= 0.6 is 0 Å². The van der Waals surface area contributed by atoms with E-state index >= 15 is 0 Å². The molecule has 3 N–H and O–H groups in total. The number of Topliss-reactive ketones (excluding diaryl/α,β-unsaturated/α-hetero) is 1. The van der Waals surface area contributed by atoms with Gasteiger partial charge in [-0.3, -0.25) is 14.6 Å². The van der Waals surface area contributed by atoms with Gasteiger partial charge in [-0.25, -0.2) is 0 Å². The van der Waals surface area contributed by atoms with Crippen LogP contribution in [0, 0.1) is 11.3 Å². The second-order valence-corrected chi connectivity index (χ2v) is 7.56. The number of aliphatic hydroxyl groups is 1. The van der Waals surface area contributed by atoms with Crippen molar-refractivity contribution in [1.29, 1.82) is 0 Å². The van der Waals surface area contributed by atoms with Gasteiger partial charge < -0.3 is 15.6 Å². The summed E-state index contributed by atoms with van der Waals surface area (Å²) in [4.78, 5) is 29.8. The Morgan fingerprint density at radius 1 is 1.33 bits per heavy atom. The maximum Gasteiger partial charge on any atom is 0.316 e. The number of allylic oxidation sites excluding steroid dienone is 1. The highest BCUT2D eigenvalue weighted by atomic mass is 16.5. The molecular formula is C21H28N2O4. The minimum absolute atomic E-state index is 0.138. The average Bonchev–Trinajstić information content (AvgIpc) is 2.59. The summed E-state index contributed by atoms with van der Waals surface area (Å²) in [5.74, 6) is -1.89. The Hall–Kier alpha value is -2.63. The first-order chi connectivity index (χ1) is 12.7. The van der Waals surface area contributed by atoms with Gasteiger partial charge in [-0.15, -0.1) is 0 Å². The lowest BCUT2D eigenvalue weighted by Crippen LogP contribution is -2.41. The second kappa shape index (κ2) is 8.37. The van der Waals surface area contributed by atoms with Crippen molar-refractivity contribution in [2.24, 2.45) is 16.3 Å². The molecule has 0 bridgehead atoms. The molecule has 0 aromatic heterocycles. The van der Waals surface area contributed by atoms with Crippen LogP contribution in [0.15, 0.2) is 40.6 Å². The Balaban J connectivity index is 2.59. The van der Waals surface area contributed by atoms with E-state index in [1.165, 1.54) is 7.11 Å². The first kappa shape index (κ1) is 20.7. The van der Waals surface area contributed by atoms with E-state index in [9.17, 15) is 14.7 Å². The normalized spacial score (nSPS) is 19.9. The first-order valence-corrected chi connectivity index (χ1v) is 9.19. The summed E-state index contributed by atoms with van der Waals surface area (Å²) in [6, 6.07) is 6.98. The Kier molecular flexibility index (Phi) is 6.41. The lowest BCUT2D eigenvalue weighted by Gasteiger charge is -2.36. The molecule has 146 valence electrons. The molecule has 0 radical (unpaired) electrons. The number of anilines is 1. The number of hydrogen-bond donors (Lipinski definition) is 2. The molecule has 1 aliphatic carbocycles. The van der Waals surface area contributed by atoms with Crippen molar-refractivity contribution in [2.75, 3.05) is 12.8 Å². The fourth-order valence-electron chi connectivity index (χ4n) is 3.40. The van der Waals surface area contributed by atoms with E-state index < -0.39 is 17.3 Å².